The average Bonchev–Trinajstić information content (AvgIpc) is 3.80. The van der Waals surface area contributed by atoms with Gasteiger partial charge >= 0.3 is 0 Å². The molecule has 9 aromatic carbocycles. The fourth-order valence-electron chi connectivity index (χ4n) is 8.52. The van der Waals surface area contributed by atoms with Crippen LogP contribution < -0.4 is 4.90 Å². The predicted octanol–water partition coefficient (Wildman–Crippen LogP) is 15.1. The van der Waals surface area contributed by atoms with E-state index in [0.29, 0.717) is 0 Å². The standard InChI is InChI=1S/C52H34N2S/c1-2-16-36-33-38(32-31-35(36)15-1)37-17-13-18-39(34-37)53(45-24-7-5-21-42(45)43-23-14-30-51-52(43)44-22-6-12-29-50(44)55-51)48-27-10-11-28-49(48)54-46-25-8-3-19-40(46)41-20-4-9-26-47(41)54/h1-34H. The van der Waals surface area contributed by atoms with Crippen molar-refractivity contribution in [3.05, 3.63) is 206 Å². The molecular weight excluding hydrogens is 685 g/mol. The second-order valence-electron chi connectivity index (χ2n) is 14.1. The van der Waals surface area contributed by atoms with Crippen LogP contribution in [0.1, 0.15) is 0 Å². The van der Waals surface area contributed by atoms with Crippen molar-refractivity contribution < 1.29 is 0 Å². The zero-order valence-electron chi connectivity index (χ0n) is 29.9. The maximum absolute atomic E-state index is 2.48. The fourth-order valence-corrected chi connectivity index (χ4v) is 9.65. The number of para-hydroxylation sites is 5. The van der Waals surface area contributed by atoms with Gasteiger partial charge in [-0.3, -0.25) is 0 Å². The first-order valence-corrected chi connectivity index (χ1v) is 19.6. The number of benzene rings is 9. The number of rotatable bonds is 6. The van der Waals surface area contributed by atoms with Gasteiger partial charge in [-0.15, -0.1) is 11.3 Å². The summed E-state index contributed by atoms with van der Waals surface area (Å²) in [5.74, 6) is 0. The first-order chi connectivity index (χ1) is 27.3. The molecule has 0 aliphatic carbocycles. The summed E-state index contributed by atoms with van der Waals surface area (Å²) < 4.78 is 5.04. The molecule has 258 valence electrons. The van der Waals surface area contributed by atoms with Crippen molar-refractivity contribution in [2.75, 3.05) is 4.90 Å². The van der Waals surface area contributed by atoms with E-state index in [0.717, 1.165) is 22.7 Å². The molecule has 0 bridgehead atoms. The van der Waals surface area contributed by atoms with E-state index >= 15 is 0 Å². The summed E-state index contributed by atoms with van der Waals surface area (Å²) in [6, 6.07) is 75.3. The van der Waals surface area contributed by atoms with Crippen molar-refractivity contribution in [3.8, 4) is 27.9 Å². The van der Waals surface area contributed by atoms with Crippen molar-refractivity contribution in [3.63, 3.8) is 0 Å². The Morgan fingerprint density at radius 1 is 0.382 bits per heavy atom. The predicted molar refractivity (Wildman–Crippen MR) is 237 cm³/mol. The summed E-state index contributed by atoms with van der Waals surface area (Å²) >= 11 is 1.86. The molecule has 11 aromatic rings. The van der Waals surface area contributed by atoms with Crippen LogP contribution in [0.5, 0.6) is 0 Å². The van der Waals surface area contributed by atoms with E-state index < -0.39 is 0 Å². The maximum Gasteiger partial charge on any atom is 0.0702 e. The second-order valence-corrected chi connectivity index (χ2v) is 15.2. The lowest BCUT2D eigenvalue weighted by Crippen LogP contribution is -2.14. The molecule has 0 aliphatic heterocycles. The Bertz CT molecular complexity index is 3190. The Balaban J connectivity index is 1.20. The molecule has 11 rings (SSSR count). The number of hydrogen-bond donors (Lipinski definition) is 0. The number of aromatic nitrogens is 1. The van der Waals surface area contributed by atoms with Crippen LogP contribution in [0, 0.1) is 0 Å². The topological polar surface area (TPSA) is 8.17 Å². The molecule has 0 saturated heterocycles. The van der Waals surface area contributed by atoms with Crippen LogP contribution >= 0.6 is 11.3 Å². The zero-order chi connectivity index (χ0) is 36.3. The van der Waals surface area contributed by atoms with Gasteiger partial charge < -0.3 is 9.47 Å². The molecule has 0 radical (unpaired) electrons. The zero-order valence-corrected chi connectivity index (χ0v) is 30.7. The molecule has 0 unspecified atom stereocenters. The van der Waals surface area contributed by atoms with E-state index in [-0.39, 0.29) is 0 Å². The minimum absolute atomic E-state index is 1.09. The van der Waals surface area contributed by atoms with E-state index in [9.17, 15) is 0 Å². The lowest BCUT2D eigenvalue weighted by Gasteiger charge is -2.30. The van der Waals surface area contributed by atoms with Crippen LogP contribution in [0.3, 0.4) is 0 Å². The van der Waals surface area contributed by atoms with E-state index in [1.807, 2.05) is 11.3 Å². The SMILES string of the molecule is c1cc(-c2ccc3ccccc3c2)cc(N(c2ccccc2-c2cccc3sc4ccccc4c23)c2ccccc2-n2c3ccccc3c3ccccc32)c1. The van der Waals surface area contributed by atoms with Gasteiger partial charge in [0, 0.05) is 42.2 Å². The molecule has 0 atom stereocenters. The van der Waals surface area contributed by atoms with E-state index in [4.69, 9.17) is 0 Å². The first kappa shape index (κ1) is 31.6. The summed E-state index contributed by atoms with van der Waals surface area (Å²) in [5.41, 5.74) is 11.6. The quantitative estimate of drug-likeness (QED) is 0.166. The summed E-state index contributed by atoms with van der Waals surface area (Å²) in [7, 11) is 0. The lowest BCUT2D eigenvalue weighted by molar-refractivity contribution is 1.15. The summed E-state index contributed by atoms with van der Waals surface area (Å²) in [4.78, 5) is 2.48. The molecule has 0 amide bonds. The number of anilines is 3. The van der Waals surface area contributed by atoms with Gasteiger partial charge in [0.05, 0.1) is 28.1 Å². The van der Waals surface area contributed by atoms with Crippen LogP contribution in [0.25, 0.3) is 80.7 Å². The summed E-state index contributed by atoms with van der Waals surface area (Å²) in [6.45, 7) is 0. The van der Waals surface area contributed by atoms with Gasteiger partial charge in [0.2, 0.25) is 0 Å². The molecule has 55 heavy (non-hydrogen) atoms. The smallest absolute Gasteiger partial charge is 0.0702 e. The van der Waals surface area contributed by atoms with Crippen LogP contribution in [-0.4, -0.2) is 4.57 Å². The third-order valence-corrected chi connectivity index (χ3v) is 12.1. The van der Waals surface area contributed by atoms with Crippen LogP contribution in [0.4, 0.5) is 17.1 Å². The highest BCUT2D eigenvalue weighted by Gasteiger charge is 2.24. The van der Waals surface area contributed by atoms with Crippen LogP contribution in [-0.2, 0) is 0 Å². The number of fused-ring (bicyclic) bond motifs is 7. The Kier molecular flexibility index (Phi) is 7.39. The van der Waals surface area contributed by atoms with Gasteiger partial charge in [0.15, 0.2) is 0 Å². The third kappa shape index (κ3) is 5.16. The van der Waals surface area contributed by atoms with Gasteiger partial charge in [-0.2, -0.15) is 0 Å². The summed E-state index contributed by atoms with van der Waals surface area (Å²) in [6.07, 6.45) is 0. The van der Waals surface area contributed by atoms with E-state index in [2.05, 4.69) is 216 Å². The minimum Gasteiger partial charge on any atom is -0.308 e. The van der Waals surface area contributed by atoms with Gasteiger partial charge in [-0.25, -0.2) is 0 Å². The molecular formula is C52H34N2S. The number of nitrogens with zero attached hydrogens (tertiary/aromatic N) is 2. The molecule has 0 N–H and O–H groups in total. The Labute approximate surface area is 323 Å². The fraction of sp³-hybridized carbons (Fsp3) is 0. The van der Waals surface area contributed by atoms with Crippen LogP contribution in [0.2, 0.25) is 0 Å². The van der Waals surface area contributed by atoms with Crippen LogP contribution in [0.15, 0.2) is 206 Å². The third-order valence-electron chi connectivity index (χ3n) is 11.0. The van der Waals surface area contributed by atoms with Gasteiger partial charge in [-0.1, -0.05) is 146 Å². The van der Waals surface area contributed by atoms with Crippen molar-refractivity contribution in [2.24, 2.45) is 0 Å². The molecule has 0 saturated carbocycles. The van der Waals surface area contributed by atoms with E-state index in [1.165, 1.54) is 75.0 Å². The van der Waals surface area contributed by atoms with Gasteiger partial charge in [-0.05, 0) is 88.1 Å². The maximum atomic E-state index is 2.48. The Hall–Kier alpha value is -6.94. The van der Waals surface area contributed by atoms with Crippen molar-refractivity contribution >= 4 is 81.1 Å². The second kappa shape index (κ2) is 12.9. The van der Waals surface area contributed by atoms with E-state index in [1.54, 1.807) is 0 Å². The highest BCUT2D eigenvalue weighted by Crippen LogP contribution is 2.48. The molecule has 3 heteroatoms. The molecule has 0 aliphatic rings. The summed E-state index contributed by atoms with van der Waals surface area (Å²) in [5, 5.41) is 7.57. The van der Waals surface area contributed by atoms with Crippen molar-refractivity contribution in [1.82, 2.24) is 4.57 Å². The first-order valence-electron chi connectivity index (χ1n) is 18.8. The highest BCUT2D eigenvalue weighted by atomic mass is 32.1. The van der Waals surface area contributed by atoms with Crippen molar-refractivity contribution in [1.29, 1.82) is 0 Å². The largest absolute Gasteiger partial charge is 0.308 e. The normalized spacial score (nSPS) is 11.6. The molecule has 2 aromatic heterocycles. The van der Waals surface area contributed by atoms with Gasteiger partial charge in [0.25, 0.3) is 0 Å². The minimum atomic E-state index is 1.09. The molecule has 2 nitrogen and oxygen atoms in total. The number of thiophene rings is 1. The number of hydrogen-bond acceptors (Lipinski definition) is 2. The highest BCUT2D eigenvalue weighted by molar-refractivity contribution is 7.25. The lowest BCUT2D eigenvalue weighted by atomic mass is 9.96. The van der Waals surface area contributed by atoms with Crippen molar-refractivity contribution in [2.45, 2.75) is 0 Å². The Morgan fingerprint density at radius 2 is 0.982 bits per heavy atom. The average molecular weight is 719 g/mol. The molecule has 0 spiro atoms. The molecule has 0 fully saturated rings. The Morgan fingerprint density at radius 3 is 1.82 bits per heavy atom. The molecule has 2 heterocycles. The monoisotopic (exact) mass is 718 g/mol. The van der Waals surface area contributed by atoms with Gasteiger partial charge in [0.1, 0.15) is 0 Å².